The van der Waals surface area contributed by atoms with Gasteiger partial charge in [-0.05, 0) is 24.0 Å². The van der Waals surface area contributed by atoms with Crippen LogP contribution in [0.25, 0.3) is 0 Å². The van der Waals surface area contributed by atoms with E-state index in [0.29, 0.717) is 6.04 Å². The third kappa shape index (κ3) is 1.01. The van der Waals surface area contributed by atoms with E-state index in [0.717, 1.165) is 19.3 Å². The lowest BCUT2D eigenvalue weighted by atomic mass is 10.1. The number of benzene rings is 1. The third-order valence-corrected chi connectivity index (χ3v) is 3.85. The second-order valence-electron chi connectivity index (χ2n) is 4.91. The largest absolute Gasteiger partial charge is 0.443 e. The van der Waals surface area contributed by atoms with E-state index in [1.165, 1.54) is 11.1 Å². The van der Waals surface area contributed by atoms with Gasteiger partial charge in [-0.1, -0.05) is 24.3 Å². The Morgan fingerprint density at radius 2 is 2.06 bits per heavy atom. The molecule has 1 saturated heterocycles. The standard InChI is InChI=1S/C13H13NO2/c15-13-14(9-5-6-9)12-10-4-2-1-3-8(10)7-11(12)16-13/h1-4,9,11-12H,5-7H2/t11-,12+/m1/s1. The van der Waals surface area contributed by atoms with Gasteiger partial charge in [-0.3, -0.25) is 4.90 Å². The van der Waals surface area contributed by atoms with Gasteiger partial charge in [-0.2, -0.15) is 0 Å². The van der Waals surface area contributed by atoms with Gasteiger partial charge in [0, 0.05) is 12.5 Å². The monoisotopic (exact) mass is 215 g/mol. The fourth-order valence-electron chi connectivity index (χ4n) is 3.01. The van der Waals surface area contributed by atoms with Crippen molar-refractivity contribution in [1.29, 1.82) is 0 Å². The van der Waals surface area contributed by atoms with Crippen molar-refractivity contribution in [3.8, 4) is 0 Å². The summed E-state index contributed by atoms with van der Waals surface area (Å²) in [5.41, 5.74) is 2.64. The Morgan fingerprint density at radius 3 is 2.88 bits per heavy atom. The van der Waals surface area contributed by atoms with Gasteiger partial charge in [0.2, 0.25) is 0 Å². The van der Waals surface area contributed by atoms with Gasteiger partial charge in [0.05, 0.1) is 6.04 Å². The summed E-state index contributed by atoms with van der Waals surface area (Å²) in [7, 11) is 0. The number of hydrogen-bond acceptors (Lipinski definition) is 2. The lowest BCUT2D eigenvalue weighted by Crippen LogP contribution is -2.29. The Hall–Kier alpha value is -1.51. The number of rotatable bonds is 1. The van der Waals surface area contributed by atoms with Gasteiger partial charge < -0.3 is 4.74 Å². The number of amides is 1. The van der Waals surface area contributed by atoms with E-state index in [-0.39, 0.29) is 18.2 Å². The molecule has 3 nitrogen and oxygen atoms in total. The van der Waals surface area contributed by atoms with Crippen molar-refractivity contribution in [1.82, 2.24) is 4.90 Å². The highest BCUT2D eigenvalue weighted by atomic mass is 16.6. The topological polar surface area (TPSA) is 29.5 Å². The van der Waals surface area contributed by atoms with Gasteiger partial charge in [0.15, 0.2) is 0 Å². The molecule has 0 bridgehead atoms. The quantitative estimate of drug-likeness (QED) is 0.719. The van der Waals surface area contributed by atoms with E-state index in [4.69, 9.17) is 4.74 Å². The van der Waals surface area contributed by atoms with E-state index in [1.807, 2.05) is 4.90 Å². The highest BCUT2D eigenvalue weighted by molar-refractivity contribution is 5.73. The van der Waals surface area contributed by atoms with Crippen LogP contribution in [0.5, 0.6) is 0 Å². The van der Waals surface area contributed by atoms with Crippen molar-refractivity contribution < 1.29 is 9.53 Å². The number of fused-ring (bicyclic) bond motifs is 3. The Morgan fingerprint density at radius 1 is 1.25 bits per heavy atom. The Bertz CT molecular complexity index is 467. The highest BCUT2D eigenvalue weighted by Gasteiger charge is 2.52. The summed E-state index contributed by atoms with van der Waals surface area (Å²) in [5, 5.41) is 0. The molecule has 1 aromatic carbocycles. The van der Waals surface area contributed by atoms with E-state index >= 15 is 0 Å². The normalized spacial score (nSPS) is 31.2. The molecule has 0 spiro atoms. The second kappa shape index (κ2) is 2.78. The molecule has 0 N–H and O–H groups in total. The van der Waals surface area contributed by atoms with E-state index in [1.54, 1.807) is 0 Å². The zero-order chi connectivity index (χ0) is 10.7. The Kier molecular flexibility index (Phi) is 1.50. The average Bonchev–Trinajstić information content (AvgIpc) is 2.96. The van der Waals surface area contributed by atoms with Crippen molar-refractivity contribution in [2.45, 2.75) is 37.5 Å². The van der Waals surface area contributed by atoms with Crippen molar-refractivity contribution in [3.63, 3.8) is 0 Å². The smallest absolute Gasteiger partial charge is 0.411 e. The maximum Gasteiger partial charge on any atom is 0.411 e. The number of ether oxygens (including phenoxy) is 1. The van der Waals surface area contributed by atoms with E-state index in [2.05, 4.69) is 24.3 Å². The van der Waals surface area contributed by atoms with Crippen LogP contribution in [-0.4, -0.2) is 23.1 Å². The first-order valence-electron chi connectivity index (χ1n) is 5.91. The van der Waals surface area contributed by atoms with Crippen LogP contribution in [0, 0.1) is 0 Å². The maximum atomic E-state index is 11.8. The summed E-state index contributed by atoms with van der Waals surface area (Å²) in [6.07, 6.45) is 3.12. The highest BCUT2D eigenvalue weighted by Crippen LogP contribution is 2.47. The van der Waals surface area contributed by atoms with E-state index in [9.17, 15) is 4.79 Å². The summed E-state index contributed by atoms with van der Waals surface area (Å²) in [6, 6.07) is 9.02. The van der Waals surface area contributed by atoms with Crippen LogP contribution in [-0.2, 0) is 11.2 Å². The van der Waals surface area contributed by atoms with Crippen LogP contribution in [0.4, 0.5) is 4.79 Å². The minimum Gasteiger partial charge on any atom is -0.443 e. The zero-order valence-electron chi connectivity index (χ0n) is 8.93. The van der Waals surface area contributed by atoms with Gasteiger partial charge >= 0.3 is 6.09 Å². The number of hydrogen-bond donors (Lipinski definition) is 0. The molecule has 0 radical (unpaired) electrons. The molecule has 3 aliphatic rings. The van der Waals surface area contributed by atoms with Crippen LogP contribution >= 0.6 is 0 Å². The Balaban J connectivity index is 1.80. The maximum absolute atomic E-state index is 11.8. The molecule has 1 aliphatic heterocycles. The summed E-state index contributed by atoms with van der Waals surface area (Å²) in [4.78, 5) is 13.8. The third-order valence-electron chi connectivity index (χ3n) is 3.85. The molecule has 1 aromatic rings. The lowest BCUT2D eigenvalue weighted by molar-refractivity contribution is 0.131. The van der Waals surface area contributed by atoms with Crippen molar-refractivity contribution >= 4 is 6.09 Å². The first kappa shape index (κ1) is 8.62. The first-order chi connectivity index (χ1) is 7.84. The molecule has 0 aromatic heterocycles. The van der Waals surface area contributed by atoms with Crippen LogP contribution < -0.4 is 0 Å². The van der Waals surface area contributed by atoms with Crippen molar-refractivity contribution in [2.75, 3.05) is 0 Å². The predicted octanol–water partition coefficient (Wildman–Crippen LogP) is 2.27. The van der Waals surface area contributed by atoms with Crippen LogP contribution in [0.1, 0.15) is 30.0 Å². The summed E-state index contributed by atoms with van der Waals surface area (Å²) >= 11 is 0. The SMILES string of the molecule is O=C1O[C@@H]2Cc3ccccc3[C@@H]2N1C1CC1. The zero-order valence-corrected chi connectivity index (χ0v) is 8.93. The molecule has 82 valence electrons. The molecular formula is C13H13NO2. The number of carbonyl (C=O) groups excluding carboxylic acids is 1. The molecule has 4 rings (SSSR count). The fraction of sp³-hybridized carbons (Fsp3) is 0.462. The molecule has 2 atom stereocenters. The van der Waals surface area contributed by atoms with Gasteiger partial charge in [0.25, 0.3) is 0 Å². The van der Waals surface area contributed by atoms with Crippen LogP contribution in [0.15, 0.2) is 24.3 Å². The second-order valence-corrected chi connectivity index (χ2v) is 4.91. The Labute approximate surface area is 94.0 Å². The molecule has 1 saturated carbocycles. The van der Waals surface area contributed by atoms with Crippen molar-refractivity contribution in [2.24, 2.45) is 0 Å². The molecule has 2 aliphatic carbocycles. The first-order valence-corrected chi connectivity index (χ1v) is 5.91. The van der Waals surface area contributed by atoms with Crippen molar-refractivity contribution in [3.05, 3.63) is 35.4 Å². The molecule has 1 amide bonds. The average molecular weight is 215 g/mol. The summed E-state index contributed by atoms with van der Waals surface area (Å²) in [6.45, 7) is 0. The molecule has 2 fully saturated rings. The molecule has 3 heteroatoms. The van der Waals surface area contributed by atoms with Crippen LogP contribution in [0.3, 0.4) is 0 Å². The molecule has 16 heavy (non-hydrogen) atoms. The van der Waals surface area contributed by atoms with Gasteiger partial charge in [0.1, 0.15) is 6.10 Å². The molecule has 0 unspecified atom stereocenters. The predicted molar refractivity (Wildman–Crippen MR) is 58.0 cm³/mol. The molecule has 1 heterocycles. The fourth-order valence-corrected chi connectivity index (χ4v) is 3.01. The van der Waals surface area contributed by atoms with Gasteiger partial charge in [-0.25, -0.2) is 4.79 Å². The summed E-state index contributed by atoms with van der Waals surface area (Å²) < 4.78 is 5.47. The van der Waals surface area contributed by atoms with E-state index < -0.39 is 0 Å². The minimum atomic E-state index is -0.105. The minimum absolute atomic E-state index is 0.0606. The number of carbonyl (C=O) groups is 1. The lowest BCUT2D eigenvalue weighted by Gasteiger charge is -2.20. The van der Waals surface area contributed by atoms with Crippen LogP contribution in [0.2, 0.25) is 0 Å². The van der Waals surface area contributed by atoms with Gasteiger partial charge in [-0.15, -0.1) is 0 Å². The summed E-state index contributed by atoms with van der Waals surface area (Å²) in [5.74, 6) is 0. The molecular weight excluding hydrogens is 202 g/mol. The number of nitrogens with zero attached hydrogens (tertiary/aromatic N) is 1.